The minimum atomic E-state index is -0.560. The van der Waals surface area contributed by atoms with Crippen molar-refractivity contribution >= 4 is 11.8 Å². The third-order valence-corrected chi connectivity index (χ3v) is 5.65. The van der Waals surface area contributed by atoms with Crippen molar-refractivity contribution in [1.82, 2.24) is 0 Å². The summed E-state index contributed by atoms with van der Waals surface area (Å²) in [6.07, 6.45) is 7.06. The molecule has 0 bridgehead atoms. The molecular formula is C18H28O2S. The summed E-state index contributed by atoms with van der Waals surface area (Å²) in [6.45, 7) is 1.94. The second kappa shape index (κ2) is 8.82. The fraction of sp³-hybridized carbons (Fsp3) is 0.667. The first-order valence-corrected chi connectivity index (χ1v) is 9.26. The number of rotatable bonds is 7. The first kappa shape index (κ1) is 16.9. The maximum absolute atomic E-state index is 10.2. The normalized spacial score (nSPS) is 19.4. The Balaban J connectivity index is 1.87. The fourth-order valence-electron chi connectivity index (χ4n) is 2.94. The van der Waals surface area contributed by atoms with Gasteiger partial charge in [0.15, 0.2) is 0 Å². The number of aliphatic hydroxyl groups is 2. The van der Waals surface area contributed by atoms with E-state index in [9.17, 15) is 10.2 Å². The van der Waals surface area contributed by atoms with Crippen LogP contribution in [0.2, 0.25) is 0 Å². The van der Waals surface area contributed by atoms with Gasteiger partial charge in [-0.1, -0.05) is 38.3 Å². The molecule has 2 N–H and O–H groups in total. The summed E-state index contributed by atoms with van der Waals surface area (Å²) in [4.78, 5) is 1.24. The second-order valence-corrected chi connectivity index (χ2v) is 7.29. The van der Waals surface area contributed by atoms with Crippen molar-refractivity contribution in [3.63, 3.8) is 0 Å². The van der Waals surface area contributed by atoms with Crippen LogP contribution >= 0.6 is 11.8 Å². The molecule has 2 rings (SSSR count). The van der Waals surface area contributed by atoms with Crippen LogP contribution in [0.5, 0.6) is 0 Å². The first-order valence-electron chi connectivity index (χ1n) is 8.28. The molecule has 0 saturated heterocycles. The molecule has 0 amide bonds. The van der Waals surface area contributed by atoms with Crippen molar-refractivity contribution in [2.24, 2.45) is 5.92 Å². The van der Waals surface area contributed by atoms with Gasteiger partial charge in [0.25, 0.3) is 0 Å². The standard InChI is InChI=1S/C18H28O2S/c1-2-16(19)12-18(20)15-9-6-10-17(11-15)21-13-14-7-4-3-5-8-14/h6,9-11,14,16,18-20H,2-5,7-8,12-13H2,1H3. The maximum atomic E-state index is 10.2. The molecule has 21 heavy (non-hydrogen) atoms. The van der Waals surface area contributed by atoms with Crippen LogP contribution in [0, 0.1) is 5.92 Å². The van der Waals surface area contributed by atoms with Crippen LogP contribution in [0.25, 0.3) is 0 Å². The minimum absolute atomic E-state index is 0.418. The lowest BCUT2D eigenvalue weighted by Gasteiger charge is -2.21. The van der Waals surface area contributed by atoms with Crippen LogP contribution in [-0.2, 0) is 0 Å². The zero-order chi connectivity index (χ0) is 15.1. The Kier molecular flexibility index (Phi) is 7.08. The summed E-state index contributed by atoms with van der Waals surface area (Å²) in [5.74, 6) is 2.05. The molecule has 2 nitrogen and oxygen atoms in total. The van der Waals surface area contributed by atoms with Gasteiger partial charge in [0.2, 0.25) is 0 Å². The molecule has 3 heteroatoms. The van der Waals surface area contributed by atoms with E-state index in [2.05, 4.69) is 12.1 Å². The molecule has 0 aliphatic heterocycles. The third kappa shape index (κ3) is 5.65. The van der Waals surface area contributed by atoms with Gasteiger partial charge in [-0.2, -0.15) is 0 Å². The molecule has 1 aliphatic rings. The zero-order valence-corrected chi connectivity index (χ0v) is 13.8. The summed E-state index contributed by atoms with van der Waals surface area (Å²) in [5, 5.41) is 19.9. The van der Waals surface area contributed by atoms with Gasteiger partial charge in [-0.15, -0.1) is 11.8 Å². The Morgan fingerprint density at radius 2 is 1.95 bits per heavy atom. The highest BCUT2D eigenvalue weighted by molar-refractivity contribution is 7.99. The van der Waals surface area contributed by atoms with Crippen LogP contribution in [0.1, 0.15) is 63.5 Å². The second-order valence-electron chi connectivity index (χ2n) is 6.20. The van der Waals surface area contributed by atoms with Gasteiger partial charge in [-0.05, 0) is 42.9 Å². The Morgan fingerprint density at radius 3 is 2.67 bits per heavy atom. The van der Waals surface area contributed by atoms with E-state index in [1.807, 2.05) is 30.8 Å². The van der Waals surface area contributed by atoms with E-state index in [1.165, 1.54) is 42.8 Å². The molecule has 118 valence electrons. The zero-order valence-electron chi connectivity index (χ0n) is 13.0. The molecule has 1 aromatic rings. The van der Waals surface area contributed by atoms with Gasteiger partial charge >= 0.3 is 0 Å². The van der Waals surface area contributed by atoms with Crippen LogP contribution in [0.15, 0.2) is 29.2 Å². The number of benzene rings is 1. The van der Waals surface area contributed by atoms with Crippen molar-refractivity contribution < 1.29 is 10.2 Å². The molecular weight excluding hydrogens is 280 g/mol. The lowest BCUT2D eigenvalue weighted by molar-refractivity contribution is 0.0783. The van der Waals surface area contributed by atoms with E-state index < -0.39 is 12.2 Å². The highest BCUT2D eigenvalue weighted by Gasteiger charge is 2.15. The fourth-order valence-corrected chi connectivity index (χ4v) is 4.10. The van der Waals surface area contributed by atoms with Crippen LogP contribution in [0.4, 0.5) is 0 Å². The third-order valence-electron chi connectivity index (χ3n) is 4.42. The molecule has 2 atom stereocenters. The summed E-state index contributed by atoms with van der Waals surface area (Å²) >= 11 is 1.91. The molecule has 1 fully saturated rings. The predicted molar refractivity (Wildman–Crippen MR) is 89.6 cm³/mol. The lowest BCUT2D eigenvalue weighted by atomic mass is 9.91. The van der Waals surface area contributed by atoms with Gasteiger partial charge in [-0.25, -0.2) is 0 Å². The molecule has 1 aliphatic carbocycles. The SMILES string of the molecule is CCC(O)CC(O)c1cccc(SCC2CCCCC2)c1. The smallest absolute Gasteiger partial charge is 0.0815 e. The van der Waals surface area contributed by atoms with Crippen LogP contribution < -0.4 is 0 Å². The molecule has 1 saturated carbocycles. The first-order chi connectivity index (χ1) is 10.2. The number of hydrogen-bond acceptors (Lipinski definition) is 3. The summed E-state index contributed by atoms with van der Waals surface area (Å²) in [6, 6.07) is 8.18. The van der Waals surface area contributed by atoms with Gasteiger partial charge < -0.3 is 10.2 Å². The van der Waals surface area contributed by atoms with E-state index in [0.29, 0.717) is 12.8 Å². The summed E-state index contributed by atoms with van der Waals surface area (Å²) < 4.78 is 0. The van der Waals surface area contributed by atoms with E-state index in [1.54, 1.807) is 0 Å². The van der Waals surface area contributed by atoms with E-state index >= 15 is 0 Å². The number of thioether (sulfide) groups is 1. The van der Waals surface area contributed by atoms with Crippen molar-refractivity contribution in [3.05, 3.63) is 29.8 Å². The largest absolute Gasteiger partial charge is 0.393 e. The average Bonchev–Trinajstić information content (AvgIpc) is 2.54. The molecule has 0 radical (unpaired) electrons. The van der Waals surface area contributed by atoms with E-state index in [0.717, 1.165) is 11.5 Å². The van der Waals surface area contributed by atoms with Crippen LogP contribution in [0.3, 0.4) is 0 Å². The van der Waals surface area contributed by atoms with Crippen molar-refractivity contribution in [2.75, 3.05) is 5.75 Å². The van der Waals surface area contributed by atoms with Gasteiger partial charge in [0, 0.05) is 17.1 Å². The monoisotopic (exact) mass is 308 g/mol. The van der Waals surface area contributed by atoms with Crippen molar-refractivity contribution in [1.29, 1.82) is 0 Å². The Hall–Kier alpha value is -0.510. The quantitative estimate of drug-likeness (QED) is 0.726. The van der Waals surface area contributed by atoms with Crippen molar-refractivity contribution in [3.8, 4) is 0 Å². The Labute approximate surface area is 133 Å². The molecule has 0 spiro atoms. The number of hydrogen-bond donors (Lipinski definition) is 2. The van der Waals surface area contributed by atoms with E-state index in [-0.39, 0.29) is 0 Å². The molecule has 0 aromatic heterocycles. The van der Waals surface area contributed by atoms with Crippen LogP contribution in [-0.4, -0.2) is 22.1 Å². The molecule has 0 heterocycles. The highest BCUT2D eigenvalue weighted by Crippen LogP contribution is 2.31. The van der Waals surface area contributed by atoms with Gasteiger partial charge in [0.05, 0.1) is 12.2 Å². The predicted octanol–water partition coefficient (Wildman–Crippen LogP) is 4.55. The highest BCUT2D eigenvalue weighted by atomic mass is 32.2. The van der Waals surface area contributed by atoms with E-state index in [4.69, 9.17) is 0 Å². The summed E-state index contributed by atoms with van der Waals surface area (Å²) in [5.41, 5.74) is 0.927. The minimum Gasteiger partial charge on any atom is -0.393 e. The van der Waals surface area contributed by atoms with Crippen molar-refractivity contribution in [2.45, 2.75) is 69.0 Å². The topological polar surface area (TPSA) is 40.5 Å². The molecule has 1 aromatic carbocycles. The average molecular weight is 308 g/mol. The summed E-state index contributed by atoms with van der Waals surface area (Å²) in [7, 11) is 0. The van der Waals surface area contributed by atoms with Gasteiger partial charge in [0.1, 0.15) is 0 Å². The molecule has 2 unspecified atom stereocenters. The lowest BCUT2D eigenvalue weighted by Crippen LogP contribution is -2.11. The Bertz CT molecular complexity index is 415. The Morgan fingerprint density at radius 1 is 1.19 bits per heavy atom. The number of aliphatic hydroxyl groups excluding tert-OH is 2. The maximum Gasteiger partial charge on any atom is 0.0815 e. The van der Waals surface area contributed by atoms with Gasteiger partial charge in [-0.3, -0.25) is 0 Å².